The molecule has 3 aliphatic rings. The number of benzene rings is 2. The minimum Gasteiger partial charge on any atom is -0.298 e. The van der Waals surface area contributed by atoms with Gasteiger partial charge < -0.3 is 0 Å². The molecule has 3 nitrogen and oxygen atoms in total. The Morgan fingerprint density at radius 1 is 0.808 bits per heavy atom. The first-order valence-electron chi connectivity index (χ1n) is 9.52. The number of carbonyl (C=O) groups is 1. The van der Waals surface area contributed by atoms with Crippen molar-refractivity contribution in [3.63, 3.8) is 0 Å². The van der Waals surface area contributed by atoms with Crippen molar-refractivity contribution in [2.45, 2.75) is 48.5 Å². The van der Waals surface area contributed by atoms with Crippen LogP contribution in [0.15, 0.2) is 48.5 Å². The standard InChI is InChI=1S/C22H22O3S/c23-22(14-12-15-6-5-7-16(13-14)26(15,24)25)21-19-10-3-1-8-17(19)18-9-2-4-11-20(18)21/h1-4,8-11,14-16,21H,5-7,12-13H2. The molecule has 2 aromatic carbocycles. The fourth-order valence-electron chi connectivity index (χ4n) is 5.34. The van der Waals surface area contributed by atoms with Crippen molar-refractivity contribution in [3.8, 4) is 11.1 Å². The van der Waals surface area contributed by atoms with E-state index in [0.29, 0.717) is 12.8 Å². The van der Waals surface area contributed by atoms with Crippen molar-refractivity contribution in [2.75, 3.05) is 0 Å². The molecule has 0 amide bonds. The average molecular weight is 366 g/mol. The topological polar surface area (TPSA) is 51.2 Å². The van der Waals surface area contributed by atoms with Gasteiger partial charge in [-0.25, -0.2) is 8.42 Å². The van der Waals surface area contributed by atoms with Crippen molar-refractivity contribution in [3.05, 3.63) is 59.7 Å². The third-order valence-corrected chi connectivity index (χ3v) is 9.31. The van der Waals surface area contributed by atoms with Crippen molar-refractivity contribution in [2.24, 2.45) is 5.92 Å². The number of carbonyl (C=O) groups excluding carboxylic acids is 1. The summed E-state index contributed by atoms with van der Waals surface area (Å²) in [7, 11) is -3.03. The molecular formula is C22H22O3S. The predicted octanol–water partition coefficient (Wildman–Crippen LogP) is 4.11. The van der Waals surface area contributed by atoms with E-state index in [1.54, 1.807) is 0 Å². The van der Waals surface area contributed by atoms with Crippen LogP contribution in [0.2, 0.25) is 0 Å². The van der Waals surface area contributed by atoms with E-state index in [4.69, 9.17) is 0 Å². The molecule has 2 atom stereocenters. The second kappa shape index (κ2) is 5.78. The Hall–Kier alpha value is -1.94. The monoisotopic (exact) mass is 366 g/mol. The Bertz CT molecular complexity index is 926. The largest absolute Gasteiger partial charge is 0.298 e. The van der Waals surface area contributed by atoms with Crippen LogP contribution < -0.4 is 0 Å². The average Bonchev–Trinajstić information content (AvgIpc) is 2.95. The van der Waals surface area contributed by atoms with Gasteiger partial charge >= 0.3 is 0 Å². The van der Waals surface area contributed by atoms with Gasteiger partial charge in [0.15, 0.2) is 9.84 Å². The van der Waals surface area contributed by atoms with Gasteiger partial charge in [0, 0.05) is 5.92 Å². The van der Waals surface area contributed by atoms with Crippen LogP contribution in [0.3, 0.4) is 0 Å². The fraction of sp³-hybridized carbons (Fsp3) is 0.409. The molecule has 2 unspecified atom stereocenters. The van der Waals surface area contributed by atoms with Crippen molar-refractivity contribution in [1.29, 1.82) is 0 Å². The molecule has 0 radical (unpaired) electrons. The lowest BCUT2D eigenvalue weighted by atomic mass is 9.79. The number of hydrogen-bond donors (Lipinski definition) is 0. The van der Waals surface area contributed by atoms with Crippen molar-refractivity contribution in [1.82, 2.24) is 0 Å². The van der Waals surface area contributed by atoms with Crippen LogP contribution in [0.25, 0.3) is 11.1 Å². The van der Waals surface area contributed by atoms with Crippen molar-refractivity contribution < 1.29 is 13.2 Å². The van der Waals surface area contributed by atoms with E-state index in [9.17, 15) is 13.2 Å². The zero-order valence-corrected chi connectivity index (χ0v) is 15.4. The zero-order valence-electron chi connectivity index (χ0n) is 14.6. The lowest BCUT2D eigenvalue weighted by molar-refractivity contribution is -0.124. The van der Waals surface area contributed by atoms with Gasteiger partial charge in [-0.05, 0) is 47.9 Å². The lowest BCUT2D eigenvalue weighted by Crippen LogP contribution is -2.46. The summed E-state index contributed by atoms with van der Waals surface area (Å²) in [5, 5.41) is -0.619. The molecule has 2 fully saturated rings. The zero-order chi connectivity index (χ0) is 17.9. The summed E-state index contributed by atoms with van der Waals surface area (Å²) < 4.78 is 25.1. The Kier molecular flexibility index (Phi) is 3.61. The van der Waals surface area contributed by atoms with Gasteiger partial charge in [-0.15, -0.1) is 0 Å². The molecule has 1 aliphatic carbocycles. The highest BCUT2D eigenvalue weighted by molar-refractivity contribution is 7.92. The highest BCUT2D eigenvalue weighted by Gasteiger charge is 2.48. The SMILES string of the molecule is O=C(C1CC2CCCC(C1)S2(=O)=O)C1c2ccccc2-c2ccccc21. The number of hydrogen-bond acceptors (Lipinski definition) is 3. The molecule has 4 heteroatoms. The van der Waals surface area contributed by atoms with Crippen LogP contribution >= 0.6 is 0 Å². The molecule has 0 aromatic heterocycles. The van der Waals surface area contributed by atoms with Crippen LogP contribution in [0, 0.1) is 5.92 Å². The summed E-state index contributed by atoms with van der Waals surface area (Å²) in [6.45, 7) is 0. The normalized spacial score (nSPS) is 29.0. The molecular weight excluding hydrogens is 344 g/mol. The quantitative estimate of drug-likeness (QED) is 0.803. The predicted molar refractivity (Wildman–Crippen MR) is 102 cm³/mol. The highest BCUT2D eigenvalue weighted by atomic mass is 32.2. The van der Waals surface area contributed by atoms with Crippen LogP contribution in [0.5, 0.6) is 0 Å². The Morgan fingerprint density at radius 2 is 1.31 bits per heavy atom. The first-order chi connectivity index (χ1) is 12.6. The minimum atomic E-state index is -3.03. The first kappa shape index (κ1) is 16.2. The van der Waals surface area contributed by atoms with Crippen LogP contribution in [0.1, 0.15) is 49.1 Å². The molecule has 134 valence electrons. The molecule has 2 aromatic rings. The van der Waals surface area contributed by atoms with E-state index >= 15 is 0 Å². The number of Topliss-reactive ketones (excluding diaryl/α,β-unsaturated/α-hetero) is 1. The Balaban J connectivity index is 1.54. The van der Waals surface area contributed by atoms with Gasteiger partial charge in [-0.2, -0.15) is 0 Å². The second-order valence-electron chi connectivity index (χ2n) is 7.94. The molecule has 2 saturated heterocycles. The van der Waals surface area contributed by atoms with E-state index in [2.05, 4.69) is 24.3 Å². The third-order valence-electron chi connectivity index (χ3n) is 6.60. The lowest BCUT2D eigenvalue weighted by Gasteiger charge is -2.38. The maximum absolute atomic E-state index is 13.6. The summed E-state index contributed by atoms with van der Waals surface area (Å²) in [6, 6.07) is 16.3. The van der Waals surface area contributed by atoms with Crippen molar-refractivity contribution >= 4 is 15.6 Å². The highest BCUT2D eigenvalue weighted by Crippen LogP contribution is 2.48. The maximum Gasteiger partial charge on any atom is 0.156 e. The Morgan fingerprint density at radius 3 is 1.85 bits per heavy atom. The molecule has 2 heterocycles. The van der Waals surface area contributed by atoms with Crippen LogP contribution in [0.4, 0.5) is 0 Å². The molecule has 26 heavy (non-hydrogen) atoms. The van der Waals surface area contributed by atoms with E-state index in [1.807, 2.05) is 24.3 Å². The van der Waals surface area contributed by atoms with E-state index in [-0.39, 0.29) is 28.1 Å². The summed E-state index contributed by atoms with van der Waals surface area (Å²) in [5.41, 5.74) is 4.45. The van der Waals surface area contributed by atoms with E-state index in [0.717, 1.165) is 41.5 Å². The Labute approximate surface area is 154 Å². The summed E-state index contributed by atoms with van der Waals surface area (Å²) >= 11 is 0. The number of rotatable bonds is 2. The van der Waals surface area contributed by atoms with Gasteiger partial charge in [0.1, 0.15) is 5.78 Å². The van der Waals surface area contributed by atoms with Gasteiger partial charge in [0.05, 0.1) is 16.4 Å². The molecule has 0 spiro atoms. The molecule has 2 bridgehead atoms. The van der Waals surface area contributed by atoms with Gasteiger partial charge in [0.2, 0.25) is 0 Å². The second-order valence-corrected chi connectivity index (χ2v) is 10.5. The van der Waals surface area contributed by atoms with Crippen LogP contribution in [-0.2, 0) is 14.6 Å². The van der Waals surface area contributed by atoms with E-state index < -0.39 is 9.84 Å². The number of sulfone groups is 1. The maximum atomic E-state index is 13.6. The van der Waals surface area contributed by atoms with Gasteiger partial charge in [-0.1, -0.05) is 55.0 Å². The summed E-state index contributed by atoms with van der Waals surface area (Å²) in [5.74, 6) is -0.166. The molecule has 0 saturated carbocycles. The molecule has 5 rings (SSSR count). The fourth-order valence-corrected chi connectivity index (χ4v) is 7.87. The van der Waals surface area contributed by atoms with Gasteiger partial charge in [-0.3, -0.25) is 4.79 Å². The summed E-state index contributed by atoms with van der Waals surface area (Å²) in [6.07, 6.45) is 3.45. The number of fused-ring (bicyclic) bond motifs is 5. The smallest absolute Gasteiger partial charge is 0.156 e. The minimum absolute atomic E-state index is 0.141. The third kappa shape index (κ3) is 2.24. The molecule has 0 N–H and O–H groups in total. The van der Waals surface area contributed by atoms with Gasteiger partial charge in [0.25, 0.3) is 0 Å². The van der Waals surface area contributed by atoms with E-state index in [1.165, 1.54) is 0 Å². The van der Waals surface area contributed by atoms with Crippen LogP contribution in [-0.4, -0.2) is 24.7 Å². The summed E-state index contributed by atoms with van der Waals surface area (Å²) in [4.78, 5) is 13.6. The number of ketones is 1. The molecule has 2 aliphatic heterocycles. The first-order valence-corrected chi connectivity index (χ1v) is 11.1.